The summed E-state index contributed by atoms with van der Waals surface area (Å²) < 4.78 is 1.69. The first-order valence-electron chi connectivity index (χ1n) is 5.32. The number of hydrogen-bond acceptors (Lipinski definition) is 3. The Morgan fingerprint density at radius 2 is 2.31 bits per heavy atom. The quantitative estimate of drug-likeness (QED) is 0.816. The van der Waals surface area contributed by atoms with Crippen LogP contribution in [0, 0.1) is 0 Å². The molecule has 0 aliphatic heterocycles. The Balaban J connectivity index is 2.09. The highest BCUT2D eigenvalue weighted by Gasteiger charge is 2.25. The SMILES string of the molecule is Cn1cc(-c2nc(C3CC3)cc(=O)[nH]2)cn1. The van der Waals surface area contributed by atoms with Gasteiger partial charge in [-0.2, -0.15) is 5.10 Å². The van der Waals surface area contributed by atoms with Gasteiger partial charge in [-0.3, -0.25) is 9.48 Å². The summed E-state index contributed by atoms with van der Waals surface area (Å²) in [6.45, 7) is 0. The van der Waals surface area contributed by atoms with E-state index in [1.807, 2.05) is 13.2 Å². The number of rotatable bonds is 2. The summed E-state index contributed by atoms with van der Waals surface area (Å²) in [5, 5.41) is 4.07. The minimum absolute atomic E-state index is 0.0873. The molecule has 1 saturated carbocycles. The van der Waals surface area contributed by atoms with E-state index in [4.69, 9.17) is 0 Å². The van der Waals surface area contributed by atoms with E-state index in [0.29, 0.717) is 11.7 Å². The smallest absolute Gasteiger partial charge is 0.251 e. The summed E-state index contributed by atoms with van der Waals surface area (Å²) >= 11 is 0. The first kappa shape index (κ1) is 9.33. The van der Waals surface area contributed by atoms with Crippen LogP contribution in [-0.2, 0) is 7.05 Å². The highest BCUT2D eigenvalue weighted by atomic mass is 16.1. The number of nitrogens with one attached hydrogen (secondary N) is 1. The van der Waals surface area contributed by atoms with E-state index in [-0.39, 0.29) is 5.56 Å². The van der Waals surface area contributed by atoms with Gasteiger partial charge in [0.15, 0.2) is 0 Å². The lowest BCUT2D eigenvalue weighted by Gasteiger charge is -2.00. The van der Waals surface area contributed by atoms with Gasteiger partial charge in [0.1, 0.15) is 5.82 Å². The Morgan fingerprint density at radius 1 is 1.50 bits per heavy atom. The zero-order valence-electron chi connectivity index (χ0n) is 8.97. The topological polar surface area (TPSA) is 63.6 Å². The van der Waals surface area contributed by atoms with Crippen LogP contribution in [0.4, 0.5) is 0 Å². The first-order valence-corrected chi connectivity index (χ1v) is 5.32. The summed E-state index contributed by atoms with van der Waals surface area (Å²) in [7, 11) is 1.84. The van der Waals surface area contributed by atoms with E-state index >= 15 is 0 Å². The average molecular weight is 216 g/mol. The Kier molecular flexibility index (Phi) is 1.92. The predicted octanol–water partition coefficient (Wildman–Crippen LogP) is 1.05. The molecule has 0 atom stereocenters. The minimum atomic E-state index is -0.0873. The first-order chi connectivity index (χ1) is 7.72. The van der Waals surface area contributed by atoms with Crippen molar-refractivity contribution in [3.05, 3.63) is 34.5 Å². The summed E-state index contributed by atoms with van der Waals surface area (Å²) in [6, 6.07) is 1.59. The molecule has 0 radical (unpaired) electrons. The van der Waals surface area contributed by atoms with Gasteiger partial charge >= 0.3 is 0 Å². The number of H-pyrrole nitrogens is 1. The van der Waals surface area contributed by atoms with E-state index < -0.39 is 0 Å². The van der Waals surface area contributed by atoms with Crippen molar-refractivity contribution in [2.24, 2.45) is 7.05 Å². The zero-order valence-corrected chi connectivity index (χ0v) is 8.97. The van der Waals surface area contributed by atoms with Gasteiger partial charge in [0.25, 0.3) is 5.56 Å². The lowest BCUT2D eigenvalue weighted by atomic mass is 10.2. The van der Waals surface area contributed by atoms with Gasteiger partial charge in [0.2, 0.25) is 0 Å². The van der Waals surface area contributed by atoms with Crippen molar-refractivity contribution >= 4 is 0 Å². The maximum atomic E-state index is 11.5. The van der Waals surface area contributed by atoms with Gasteiger partial charge in [0, 0.05) is 25.2 Å². The fourth-order valence-electron chi connectivity index (χ4n) is 1.74. The van der Waals surface area contributed by atoms with Crippen molar-refractivity contribution in [2.75, 3.05) is 0 Å². The fourth-order valence-corrected chi connectivity index (χ4v) is 1.74. The monoisotopic (exact) mass is 216 g/mol. The van der Waals surface area contributed by atoms with Crippen molar-refractivity contribution < 1.29 is 0 Å². The molecule has 1 N–H and O–H groups in total. The molecule has 1 aliphatic rings. The maximum Gasteiger partial charge on any atom is 0.251 e. The molecule has 82 valence electrons. The lowest BCUT2D eigenvalue weighted by Crippen LogP contribution is -2.09. The number of aromatic nitrogens is 4. The third kappa shape index (κ3) is 1.64. The van der Waals surface area contributed by atoms with E-state index in [1.54, 1.807) is 16.9 Å². The molecule has 0 unspecified atom stereocenters. The second-order valence-corrected chi connectivity index (χ2v) is 4.20. The lowest BCUT2D eigenvalue weighted by molar-refractivity contribution is 0.768. The molecule has 2 aromatic heterocycles. The summed E-state index contributed by atoms with van der Waals surface area (Å²) in [5.74, 6) is 1.10. The molecular formula is C11H12N4O. The van der Waals surface area contributed by atoms with E-state index in [1.165, 1.54) is 0 Å². The van der Waals surface area contributed by atoms with Crippen LogP contribution >= 0.6 is 0 Å². The molecule has 5 heteroatoms. The molecule has 2 aromatic rings. The van der Waals surface area contributed by atoms with Gasteiger partial charge in [-0.05, 0) is 12.8 Å². The molecule has 0 amide bonds. The zero-order chi connectivity index (χ0) is 11.1. The normalized spacial score (nSPS) is 15.3. The molecule has 1 fully saturated rings. The third-order valence-electron chi connectivity index (χ3n) is 2.74. The molecule has 0 spiro atoms. The van der Waals surface area contributed by atoms with Crippen LogP contribution in [-0.4, -0.2) is 19.7 Å². The van der Waals surface area contributed by atoms with Crippen LogP contribution in [0.5, 0.6) is 0 Å². The van der Waals surface area contributed by atoms with Gasteiger partial charge < -0.3 is 4.98 Å². The number of nitrogens with zero attached hydrogens (tertiary/aromatic N) is 3. The second kappa shape index (κ2) is 3.30. The van der Waals surface area contributed by atoms with Gasteiger partial charge in [-0.1, -0.05) is 0 Å². The van der Waals surface area contributed by atoms with E-state index in [0.717, 1.165) is 24.1 Å². The van der Waals surface area contributed by atoms with E-state index in [9.17, 15) is 4.79 Å². The van der Waals surface area contributed by atoms with Crippen LogP contribution in [0.2, 0.25) is 0 Å². The standard InChI is InChI=1S/C11H12N4O/c1-15-6-8(5-12-15)11-13-9(7-2-3-7)4-10(16)14-11/h4-7H,2-3H2,1H3,(H,13,14,16). The highest BCUT2D eigenvalue weighted by molar-refractivity contribution is 5.52. The Labute approximate surface area is 92.2 Å². The van der Waals surface area contributed by atoms with Crippen molar-refractivity contribution in [2.45, 2.75) is 18.8 Å². The molecule has 3 rings (SSSR count). The average Bonchev–Trinajstić information content (AvgIpc) is 3.01. The Hall–Kier alpha value is -1.91. The van der Waals surface area contributed by atoms with Gasteiger partial charge in [-0.25, -0.2) is 4.98 Å². The summed E-state index contributed by atoms with van der Waals surface area (Å²) in [5.41, 5.74) is 1.67. The van der Waals surface area contributed by atoms with Crippen LogP contribution in [0.15, 0.2) is 23.3 Å². The number of aryl methyl sites for hydroxylation is 1. The third-order valence-corrected chi connectivity index (χ3v) is 2.74. The molecule has 2 heterocycles. The van der Waals surface area contributed by atoms with Crippen molar-refractivity contribution in [1.82, 2.24) is 19.7 Å². The maximum absolute atomic E-state index is 11.5. The van der Waals surface area contributed by atoms with Crippen molar-refractivity contribution in [1.29, 1.82) is 0 Å². The highest BCUT2D eigenvalue weighted by Crippen LogP contribution is 2.38. The van der Waals surface area contributed by atoms with Crippen LogP contribution in [0.25, 0.3) is 11.4 Å². The van der Waals surface area contributed by atoms with Crippen molar-refractivity contribution in [3.63, 3.8) is 0 Å². The van der Waals surface area contributed by atoms with Crippen molar-refractivity contribution in [3.8, 4) is 11.4 Å². The Morgan fingerprint density at radius 3 is 2.94 bits per heavy atom. The van der Waals surface area contributed by atoms with E-state index in [2.05, 4.69) is 15.1 Å². The molecule has 1 aliphatic carbocycles. The van der Waals surface area contributed by atoms with Crippen LogP contribution in [0.3, 0.4) is 0 Å². The molecule has 0 saturated heterocycles. The van der Waals surface area contributed by atoms with Crippen LogP contribution in [0.1, 0.15) is 24.5 Å². The molecule has 16 heavy (non-hydrogen) atoms. The molecular weight excluding hydrogens is 204 g/mol. The van der Waals surface area contributed by atoms with Gasteiger partial charge in [-0.15, -0.1) is 0 Å². The summed E-state index contributed by atoms with van der Waals surface area (Å²) in [6.07, 6.45) is 5.83. The molecule has 5 nitrogen and oxygen atoms in total. The predicted molar refractivity (Wildman–Crippen MR) is 59.0 cm³/mol. The minimum Gasteiger partial charge on any atom is -0.306 e. The summed E-state index contributed by atoms with van der Waals surface area (Å²) in [4.78, 5) is 18.7. The molecule has 0 bridgehead atoms. The Bertz CT molecular complexity index is 580. The molecule has 0 aromatic carbocycles. The van der Waals surface area contributed by atoms with Crippen LogP contribution < -0.4 is 5.56 Å². The largest absolute Gasteiger partial charge is 0.306 e. The fraction of sp³-hybridized carbons (Fsp3) is 0.364. The van der Waals surface area contributed by atoms with Gasteiger partial charge in [0.05, 0.1) is 17.5 Å². The number of aromatic amines is 1. The number of hydrogen-bond donors (Lipinski definition) is 1. The second-order valence-electron chi connectivity index (χ2n) is 4.20.